The summed E-state index contributed by atoms with van der Waals surface area (Å²) in [5.74, 6) is -0.694. The van der Waals surface area contributed by atoms with Gasteiger partial charge in [0.25, 0.3) is 0 Å². The monoisotopic (exact) mass is 370 g/mol. The van der Waals surface area contributed by atoms with Crippen molar-refractivity contribution in [3.63, 3.8) is 0 Å². The van der Waals surface area contributed by atoms with Crippen LogP contribution in [0.2, 0.25) is 0 Å². The van der Waals surface area contributed by atoms with Crippen LogP contribution in [0, 0.1) is 6.92 Å². The Morgan fingerprint density at radius 1 is 1.22 bits per heavy atom. The van der Waals surface area contributed by atoms with Crippen LogP contribution >= 0.6 is 0 Å². The number of carboxylic acids is 1. The van der Waals surface area contributed by atoms with E-state index in [9.17, 15) is 14.7 Å². The van der Waals surface area contributed by atoms with Gasteiger partial charge in [0.2, 0.25) is 6.10 Å². The van der Waals surface area contributed by atoms with Gasteiger partial charge in [0, 0.05) is 0 Å². The zero-order valence-corrected chi connectivity index (χ0v) is 15.2. The van der Waals surface area contributed by atoms with Crippen LogP contribution in [-0.2, 0) is 41.8 Å². The highest BCUT2D eigenvalue weighted by Crippen LogP contribution is 2.38. The Morgan fingerprint density at radius 3 is 2.44 bits per heavy atom. The molecule has 0 saturated heterocycles. The number of carbonyl (C=O) groups excluding carboxylic acids is 1. The number of hydrogen-bond acceptors (Lipinski definition) is 5. The van der Waals surface area contributed by atoms with E-state index in [1.165, 1.54) is 33.3 Å². The van der Waals surface area contributed by atoms with Gasteiger partial charge in [-0.25, -0.2) is 19.3 Å². The van der Waals surface area contributed by atoms with Gasteiger partial charge in [-0.05, 0) is 67.7 Å². The minimum atomic E-state index is -1.34. The summed E-state index contributed by atoms with van der Waals surface area (Å²) in [6, 6.07) is 2.27. The third-order valence-electron chi connectivity index (χ3n) is 5.23. The Kier molecular flexibility index (Phi) is 4.55. The highest BCUT2D eigenvalue weighted by molar-refractivity contribution is 5.90. The maximum Gasteiger partial charge on any atom is 0.412 e. The molecule has 4 rings (SSSR count). The summed E-state index contributed by atoms with van der Waals surface area (Å²) < 4.78 is 6.57. The van der Waals surface area contributed by atoms with E-state index in [-0.39, 0.29) is 6.54 Å². The largest absolute Gasteiger partial charge is 0.478 e. The highest BCUT2D eigenvalue weighted by Gasteiger charge is 2.28. The van der Waals surface area contributed by atoms with Gasteiger partial charge in [0.1, 0.15) is 12.2 Å². The van der Waals surface area contributed by atoms with Crippen LogP contribution in [0.15, 0.2) is 12.4 Å². The van der Waals surface area contributed by atoms with Gasteiger partial charge in [-0.2, -0.15) is 5.10 Å². The molecule has 0 spiro atoms. The number of aliphatic carboxylic acids is 1. The zero-order chi connectivity index (χ0) is 19.0. The number of amides is 1. The number of carbonyl (C=O) groups is 2. The lowest BCUT2D eigenvalue weighted by Crippen LogP contribution is -2.33. The van der Waals surface area contributed by atoms with Crippen LogP contribution < -0.4 is 5.32 Å². The van der Waals surface area contributed by atoms with Crippen LogP contribution in [0.25, 0.3) is 0 Å². The van der Waals surface area contributed by atoms with Crippen LogP contribution in [0.3, 0.4) is 0 Å². The number of nitrogens with one attached hydrogen (secondary N) is 1. The summed E-state index contributed by atoms with van der Waals surface area (Å²) in [5.41, 5.74) is 5.76. The summed E-state index contributed by atoms with van der Waals surface area (Å²) in [4.78, 5) is 27.9. The molecule has 8 nitrogen and oxygen atoms in total. The molecule has 0 aliphatic heterocycles. The molecule has 1 amide bonds. The van der Waals surface area contributed by atoms with Crippen molar-refractivity contribution in [2.45, 2.75) is 58.1 Å². The van der Waals surface area contributed by atoms with Crippen molar-refractivity contribution in [2.24, 2.45) is 0 Å². The summed E-state index contributed by atoms with van der Waals surface area (Å²) in [6.07, 6.45) is 5.40. The topological polar surface area (TPSA) is 106 Å². The number of aryl methyl sites for hydroxylation is 3. The van der Waals surface area contributed by atoms with Crippen molar-refractivity contribution in [3.05, 3.63) is 40.5 Å². The number of carboxylic acid groups (broad SMARTS) is 1. The molecule has 0 unspecified atom stereocenters. The Labute approximate surface area is 156 Å². The fourth-order valence-electron chi connectivity index (χ4n) is 4.04. The first-order valence-electron chi connectivity index (χ1n) is 9.24. The third kappa shape index (κ3) is 3.51. The number of ether oxygens (including phenoxy) is 1. The van der Waals surface area contributed by atoms with E-state index in [1.54, 1.807) is 6.92 Å². The minimum absolute atomic E-state index is 0.0887. The summed E-state index contributed by atoms with van der Waals surface area (Å²) in [7, 11) is 0. The normalized spacial score (nSPS) is 15.9. The lowest BCUT2D eigenvalue weighted by Gasteiger charge is -2.18. The van der Waals surface area contributed by atoms with E-state index in [1.807, 2.05) is 0 Å². The quantitative estimate of drug-likeness (QED) is 0.836. The lowest BCUT2D eigenvalue weighted by atomic mass is 9.99. The predicted molar refractivity (Wildman–Crippen MR) is 96.8 cm³/mol. The van der Waals surface area contributed by atoms with E-state index in [0.717, 1.165) is 44.2 Å². The summed E-state index contributed by atoms with van der Waals surface area (Å²) >= 11 is 0. The molecule has 2 aromatic rings. The maximum atomic E-state index is 12.5. The second-order valence-electron chi connectivity index (χ2n) is 7.11. The molecular formula is C19H22N4O4. The number of anilines is 1. The van der Waals surface area contributed by atoms with Crippen molar-refractivity contribution in [1.82, 2.24) is 14.8 Å². The van der Waals surface area contributed by atoms with Crippen molar-refractivity contribution in [2.75, 3.05) is 5.32 Å². The van der Waals surface area contributed by atoms with E-state index >= 15 is 0 Å². The second-order valence-corrected chi connectivity index (χ2v) is 7.11. The number of aromatic nitrogens is 3. The third-order valence-corrected chi connectivity index (χ3v) is 5.23. The van der Waals surface area contributed by atoms with Crippen LogP contribution in [0.5, 0.6) is 0 Å². The molecule has 0 bridgehead atoms. The molecule has 1 aromatic heterocycles. The molecule has 27 heavy (non-hydrogen) atoms. The van der Waals surface area contributed by atoms with Gasteiger partial charge in [-0.1, -0.05) is 6.07 Å². The van der Waals surface area contributed by atoms with Crippen molar-refractivity contribution >= 4 is 17.7 Å². The van der Waals surface area contributed by atoms with Gasteiger partial charge in [0.05, 0.1) is 12.2 Å². The van der Waals surface area contributed by atoms with Crippen LogP contribution in [-0.4, -0.2) is 38.0 Å². The predicted octanol–water partition coefficient (Wildman–Crippen LogP) is 2.27. The number of rotatable bonds is 5. The number of hydrogen-bond donors (Lipinski definition) is 2. The van der Waals surface area contributed by atoms with Gasteiger partial charge < -0.3 is 9.84 Å². The van der Waals surface area contributed by atoms with E-state index in [4.69, 9.17) is 4.74 Å². The van der Waals surface area contributed by atoms with Gasteiger partial charge in [0.15, 0.2) is 0 Å². The first-order chi connectivity index (χ1) is 13.0. The van der Waals surface area contributed by atoms with Crippen molar-refractivity contribution in [3.8, 4) is 0 Å². The van der Waals surface area contributed by atoms with Gasteiger partial charge in [-0.3, -0.25) is 5.32 Å². The zero-order valence-electron chi connectivity index (χ0n) is 15.2. The maximum absolute atomic E-state index is 12.5. The van der Waals surface area contributed by atoms with Gasteiger partial charge >= 0.3 is 12.1 Å². The SMILES string of the molecule is Cc1ncn(C[C@@H](OC(=O)Nc2c3c(cc4c2CCC4)CCC3)C(=O)O)n1. The molecule has 8 heteroatoms. The average molecular weight is 370 g/mol. The first kappa shape index (κ1) is 17.5. The number of benzene rings is 1. The van der Waals surface area contributed by atoms with Gasteiger partial charge in [-0.15, -0.1) is 0 Å². The molecule has 1 aromatic carbocycles. The Bertz CT molecular complexity index is 873. The molecule has 0 saturated carbocycles. The Morgan fingerprint density at radius 2 is 1.89 bits per heavy atom. The molecular weight excluding hydrogens is 348 g/mol. The highest BCUT2D eigenvalue weighted by atomic mass is 16.6. The van der Waals surface area contributed by atoms with E-state index < -0.39 is 18.2 Å². The fourth-order valence-corrected chi connectivity index (χ4v) is 4.04. The van der Waals surface area contributed by atoms with Crippen LogP contribution in [0.4, 0.5) is 10.5 Å². The number of nitrogens with zero attached hydrogens (tertiary/aromatic N) is 3. The molecule has 2 aliphatic rings. The molecule has 1 atom stereocenters. The molecule has 2 N–H and O–H groups in total. The molecule has 0 fully saturated rings. The van der Waals surface area contributed by atoms with Crippen molar-refractivity contribution < 1.29 is 19.4 Å². The lowest BCUT2D eigenvalue weighted by molar-refractivity contribution is -0.147. The summed E-state index contributed by atoms with van der Waals surface area (Å²) in [6.45, 7) is 1.62. The Hall–Kier alpha value is -2.90. The molecule has 0 radical (unpaired) electrons. The van der Waals surface area contributed by atoms with Crippen LogP contribution in [0.1, 0.15) is 40.9 Å². The fraction of sp³-hybridized carbons (Fsp3) is 0.474. The van der Waals surface area contributed by atoms with Crippen molar-refractivity contribution in [1.29, 1.82) is 0 Å². The standard InChI is InChI=1S/C19H22N4O4/c1-11-20-10-23(22-11)9-16(18(24)25)27-19(26)21-17-14-6-2-4-12(14)8-13-5-3-7-15(13)17/h8,10,16H,2-7,9H2,1H3,(H,21,26)(H,24,25)/t16-/m1/s1. The molecule has 1 heterocycles. The molecule has 2 aliphatic carbocycles. The van der Waals surface area contributed by atoms with E-state index in [0.29, 0.717) is 5.82 Å². The van der Waals surface area contributed by atoms with E-state index in [2.05, 4.69) is 21.5 Å². The smallest absolute Gasteiger partial charge is 0.412 e. The first-order valence-corrected chi connectivity index (χ1v) is 9.24. The Balaban J connectivity index is 1.51. The molecule has 142 valence electrons. The number of fused-ring (bicyclic) bond motifs is 2. The average Bonchev–Trinajstić information content (AvgIpc) is 3.34. The summed E-state index contributed by atoms with van der Waals surface area (Å²) in [5, 5.41) is 16.3. The second kappa shape index (κ2) is 7.02. The minimum Gasteiger partial charge on any atom is -0.478 e.